The van der Waals surface area contributed by atoms with Crippen LogP contribution >= 0.6 is 0 Å². The molecule has 1 aliphatic rings. The number of nitrogens with zero attached hydrogens (tertiary/aromatic N) is 2. The lowest BCUT2D eigenvalue weighted by molar-refractivity contribution is -0.384. The fraction of sp³-hybridized carbons (Fsp3) is 0.333. The van der Waals surface area contributed by atoms with E-state index in [1.807, 2.05) is 0 Å². The molecule has 4 N–H and O–H groups in total. The number of anilines is 3. The van der Waals surface area contributed by atoms with Gasteiger partial charge in [0.1, 0.15) is 5.69 Å². The Bertz CT molecular complexity index is 1070. The summed E-state index contributed by atoms with van der Waals surface area (Å²) in [6.45, 7) is 1.54. The number of nitrogens with one attached hydrogen (secondary N) is 2. The number of hydrogen-bond donors (Lipinski definition) is 3. The van der Waals surface area contributed by atoms with Gasteiger partial charge in [0.05, 0.1) is 21.9 Å². The zero-order chi connectivity index (χ0) is 24.2. The number of primary amides is 1. The quantitative estimate of drug-likeness (QED) is 0.402. The van der Waals surface area contributed by atoms with Crippen LogP contribution in [-0.4, -0.2) is 36.4 Å². The average Bonchev–Trinajstić information content (AvgIpc) is 3.27. The number of benzene rings is 2. The normalized spacial score (nSPS) is 13.6. The van der Waals surface area contributed by atoms with E-state index in [2.05, 4.69) is 15.5 Å². The maximum absolute atomic E-state index is 12.8. The first-order chi connectivity index (χ1) is 15.6. The van der Waals surface area contributed by atoms with Crippen molar-refractivity contribution in [2.24, 2.45) is 5.73 Å². The van der Waals surface area contributed by atoms with E-state index in [0.717, 1.165) is 43.8 Å². The number of nitrogens with two attached hydrogens (primary N) is 1. The SMILES string of the molecule is NC(=O)c1ccc(N2CCCC2)c(NC(=O)CCNc2ccc(C(F)(F)F)cc2[N+](=O)[O-])c1. The van der Waals surface area contributed by atoms with Crippen LogP contribution in [0.3, 0.4) is 0 Å². The number of rotatable bonds is 8. The van der Waals surface area contributed by atoms with Crippen molar-refractivity contribution in [2.45, 2.75) is 25.4 Å². The van der Waals surface area contributed by atoms with Gasteiger partial charge in [-0.05, 0) is 43.2 Å². The van der Waals surface area contributed by atoms with Crippen molar-refractivity contribution in [1.29, 1.82) is 0 Å². The van der Waals surface area contributed by atoms with E-state index in [4.69, 9.17) is 5.73 Å². The molecular formula is C21H22F3N5O4. The Balaban J connectivity index is 1.68. The highest BCUT2D eigenvalue weighted by atomic mass is 19.4. The van der Waals surface area contributed by atoms with Gasteiger partial charge >= 0.3 is 6.18 Å². The van der Waals surface area contributed by atoms with Gasteiger partial charge in [0.15, 0.2) is 0 Å². The maximum Gasteiger partial charge on any atom is 0.416 e. The lowest BCUT2D eigenvalue weighted by Crippen LogP contribution is -2.23. The molecule has 0 saturated carbocycles. The van der Waals surface area contributed by atoms with Crippen LogP contribution in [0.1, 0.15) is 35.2 Å². The summed E-state index contributed by atoms with van der Waals surface area (Å²) in [6.07, 6.45) is -2.84. The molecule has 1 fully saturated rings. The topological polar surface area (TPSA) is 131 Å². The predicted octanol–water partition coefficient (Wildman–Crippen LogP) is 3.75. The summed E-state index contributed by atoms with van der Waals surface area (Å²) in [5.41, 5.74) is 4.72. The fourth-order valence-corrected chi connectivity index (χ4v) is 3.56. The van der Waals surface area contributed by atoms with Crippen LogP contribution in [0.15, 0.2) is 36.4 Å². The van der Waals surface area contributed by atoms with Crippen molar-refractivity contribution in [2.75, 3.05) is 35.2 Å². The molecule has 0 spiro atoms. The average molecular weight is 465 g/mol. The third-order valence-electron chi connectivity index (χ3n) is 5.19. The van der Waals surface area contributed by atoms with Crippen LogP contribution in [0.25, 0.3) is 0 Å². The van der Waals surface area contributed by atoms with Gasteiger partial charge in [-0.1, -0.05) is 0 Å². The first kappa shape index (κ1) is 23.8. The van der Waals surface area contributed by atoms with Crippen molar-refractivity contribution in [3.63, 3.8) is 0 Å². The number of nitro benzene ring substituents is 1. The van der Waals surface area contributed by atoms with Crippen LogP contribution in [-0.2, 0) is 11.0 Å². The highest BCUT2D eigenvalue weighted by Gasteiger charge is 2.33. The second-order valence-electron chi connectivity index (χ2n) is 7.50. The third-order valence-corrected chi connectivity index (χ3v) is 5.19. The Kier molecular flexibility index (Phi) is 7.04. The Labute approximate surface area is 186 Å². The first-order valence-electron chi connectivity index (χ1n) is 10.1. The molecular weight excluding hydrogens is 443 g/mol. The van der Waals surface area contributed by atoms with Gasteiger partial charge < -0.3 is 21.3 Å². The van der Waals surface area contributed by atoms with E-state index in [9.17, 15) is 32.9 Å². The predicted molar refractivity (Wildman–Crippen MR) is 116 cm³/mol. The van der Waals surface area contributed by atoms with Crippen molar-refractivity contribution in [3.8, 4) is 0 Å². The second kappa shape index (κ2) is 9.76. The fourth-order valence-electron chi connectivity index (χ4n) is 3.56. The molecule has 2 amide bonds. The molecule has 1 saturated heterocycles. The van der Waals surface area contributed by atoms with Crippen molar-refractivity contribution >= 4 is 34.6 Å². The Morgan fingerprint density at radius 3 is 2.39 bits per heavy atom. The molecule has 0 bridgehead atoms. The minimum absolute atomic E-state index is 0.0629. The van der Waals surface area contributed by atoms with Gasteiger partial charge in [-0.15, -0.1) is 0 Å². The molecule has 1 heterocycles. The number of alkyl halides is 3. The zero-order valence-corrected chi connectivity index (χ0v) is 17.4. The van der Waals surface area contributed by atoms with E-state index in [1.165, 1.54) is 6.07 Å². The maximum atomic E-state index is 12.8. The van der Waals surface area contributed by atoms with E-state index >= 15 is 0 Å². The largest absolute Gasteiger partial charge is 0.416 e. The minimum atomic E-state index is -4.71. The smallest absolute Gasteiger partial charge is 0.379 e. The number of hydrogen-bond acceptors (Lipinski definition) is 6. The van der Waals surface area contributed by atoms with Crippen LogP contribution < -0.4 is 21.3 Å². The van der Waals surface area contributed by atoms with E-state index in [-0.39, 0.29) is 24.2 Å². The molecule has 12 heteroatoms. The number of amides is 2. The number of halogens is 3. The highest BCUT2D eigenvalue weighted by molar-refractivity contribution is 5.99. The molecule has 3 rings (SSSR count). The monoisotopic (exact) mass is 465 g/mol. The van der Waals surface area contributed by atoms with Crippen molar-refractivity contribution in [3.05, 3.63) is 57.6 Å². The third kappa shape index (κ3) is 5.90. The van der Waals surface area contributed by atoms with Gasteiger partial charge in [0.25, 0.3) is 5.69 Å². The summed E-state index contributed by atoms with van der Waals surface area (Å²) in [5.74, 6) is -1.09. The number of carbonyl (C=O) groups is 2. The molecule has 0 unspecified atom stereocenters. The van der Waals surface area contributed by atoms with Crippen molar-refractivity contribution < 1.29 is 27.7 Å². The Morgan fingerprint density at radius 2 is 1.79 bits per heavy atom. The summed E-state index contributed by atoms with van der Waals surface area (Å²) in [6, 6.07) is 6.91. The molecule has 0 radical (unpaired) electrons. The summed E-state index contributed by atoms with van der Waals surface area (Å²) >= 11 is 0. The number of nitro groups is 1. The molecule has 0 aromatic heterocycles. The molecule has 9 nitrogen and oxygen atoms in total. The number of carbonyl (C=O) groups excluding carboxylic acids is 2. The lowest BCUT2D eigenvalue weighted by Gasteiger charge is -2.22. The molecule has 1 aliphatic heterocycles. The summed E-state index contributed by atoms with van der Waals surface area (Å²) in [7, 11) is 0. The molecule has 0 atom stereocenters. The molecule has 2 aromatic rings. The highest BCUT2D eigenvalue weighted by Crippen LogP contribution is 2.35. The van der Waals surface area contributed by atoms with Gasteiger partial charge in [-0.25, -0.2) is 0 Å². The van der Waals surface area contributed by atoms with Gasteiger partial charge in [0.2, 0.25) is 11.8 Å². The molecule has 33 heavy (non-hydrogen) atoms. The standard InChI is InChI=1S/C21H22F3N5O4/c22-21(23,24)14-4-5-15(18(12-14)29(32)33)26-8-7-19(30)27-16-11-13(20(25)31)3-6-17(16)28-9-1-2-10-28/h3-6,11-12,26H,1-2,7-10H2,(H2,25,31)(H,27,30). The molecule has 176 valence electrons. The summed E-state index contributed by atoms with van der Waals surface area (Å²) in [5, 5.41) is 16.5. The molecule has 2 aromatic carbocycles. The van der Waals surface area contributed by atoms with E-state index < -0.39 is 34.2 Å². The zero-order valence-electron chi connectivity index (χ0n) is 17.4. The van der Waals surface area contributed by atoms with Crippen LogP contribution in [0.2, 0.25) is 0 Å². The Morgan fingerprint density at radius 1 is 1.09 bits per heavy atom. The van der Waals surface area contributed by atoms with Gasteiger partial charge in [0, 0.05) is 37.7 Å². The summed E-state index contributed by atoms with van der Waals surface area (Å²) < 4.78 is 38.5. The van der Waals surface area contributed by atoms with E-state index in [1.54, 1.807) is 12.1 Å². The Hall–Kier alpha value is -3.83. The first-order valence-corrected chi connectivity index (χ1v) is 10.1. The minimum Gasteiger partial charge on any atom is -0.379 e. The second-order valence-corrected chi connectivity index (χ2v) is 7.50. The summed E-state index contributed by atoms with van der Waals surface area (Å²) in [4.78, 5) is 36.3. The van der Waals surface area contributed by atoms with Crippen molar-refractivity contribution in [1.82, 2.24) is 0 Å². The lowest BCUT2D eigenvalue weighted by atomic mass is 10.1. The van der Waals surface area contributed by atoms with Crippen LogP contribution in [0.5, 0.6) is 0 Å². The van der Waals surface area contributed by atoms with Gasteiger partial charge in [-0.3, -0.25) is 19.7 Å². The van der Waals surface area contributed by atoms with E-state index in [0.29, 0.717) is 11.8 Å². The van der Waals surface area contributed by atoms with Crippen LogP contribution in [0, 0.1) is 10.1 Å². The van der Waals surface area contributed by atoms with Gasteiger partial charge in [-0.2, -0.15) is 13.2 Å². The molecule has 0 aliphatic carbocycles. The van der Waals surface area contributed by atoms with Crippen LogP contribution in [0.4, 0.5) is 35.9 Å².